The third-order valence-corrected chi connectivity index (χ3v) is 5.85. The van der Waals surface area contributed by atoms with Gasteiger partial charge in [0.2, 0.25) is 5.69 Å². The first kappa shape index (κ1) is 19.7. The fourth-order valence-corrected chi connectivity index (χ4v) is 4.43. The SMILES string of the molecule is CCOC(=O)Cc1c(C(=O)c2ccc(Br)cc2)sc([S-])c1-[n+]1ccccc1. The van der Waals surface area contributed by atoms with E-state index in [9.17, 15) is 9.59 Å². The lowest BCUT2D eigenvalue weighted by Crippen LogP contribution is -2.31. The molecular formula is C20H16BrNO3S2. The lowest BCUT2D eigenvalue weighted by atomic mass is 10.0. The zero-order valence-corrected chi connectivity index (χ0v) is 17.7. The Morgan fingerprint density at radius 3 is 2.44 bits per heavy atom. The van der Waals surface area contributed by atoms with Crippen LogP contribution in [-0.4, -0.2) is 18.4 Å². The minimum atomic E-state index is -0.382. The molecule has 27 heavy (non-hydrogen) atoms. The summed E-state index contributed by atoms with van der Waals surface area (Å²) in [6, 6.07) is 12.8. The molecule has 0 amide bonds. The van der Waals surface area contributed by atoms with Gasteiger partial charge in [-0.15, -0.1) is 0 Å². The van der Waals surface area contributed by atoms with Crippen LogP contribution in [0.15, 0.2) is 63.5 Å². The number of rotatable bonds is 6. The second kappa shape index (κ2) is 8.73. The lowest BCUT2D eigenvalue weighted by molar-refractivity contribution is -0.598. The van der Waals surface area contributed by atoms with Crippen molar-refractivity contribution in [3.63, 3.8) is 0 Å². The van der Waals surface area contributed by atoms with Gasteiger partial charge in [0.15, 0.2) is 18.2 Å². The van der Waals surface area contributed by atoms with Crippen LogP contribution >= 0.6 is 27.3 Å². The van der Waals surface area contributed by atoms with Crippen molar-refractivity contribution in [3.05, 3.63) is 75.3 Å². The van der Waals surface area contributed by atoms with Crippen molar-refractivity contribution < 1.29 is 18.9 Å². The average molecular weight is 462 g/mol. The number of ketones is 1. The molecule has 2 aromatic heterocycles. The van der Waals surface area contributed by atoms with Crippen LogP contribution in [0.3, 0.4) is 0 Å². The van der Waals surface area contributed by atoms with E-state index >= 15 is 0 Å². The smallest absolute Gasteiger partial charge is 0.310 e. The molecule has 0 bridgehead atoms. The van der Waals surface area contributed by atoms with Gasteiger partial charge in [0.1, 0.15) is 0 Å². The van der Waals surface area contributed by atoms with Crippen LogP contribution < -0.4 is 4.57 Å². The van der Waals surface area contributed by atoms with Gasteiger partial charge in [-0.2, -0.15) is 4.57 Å². The van der Waals surface area contributed by atoms with Crippen molar-refractivity contribution in [1.82, 2.24) is 0 Å². The normalized spacial score (nSPS) is 10.6. The average Bonchev–Trinajstić information content (AvgIpc) is 2.98. The number of hydrogen-bond acceptors (Lipinski definition) is 5. The molecule has 0 fully saturated rings. The van der Waals surface area contributed by atoms with Crippen LogP contribution in [0.5, 0.6) is 0 Å². The summed E-state index contributed by atoms with van der Waals surface area (Å²) >= 11 is 10.1. The zero-order valence-electron chi connectivity index (χ0n) is 14.5. The molecule has 0 spiro atoms. The molecule has 0 saturated heterocycles. The van der Waals surface area contributed by atoms with Gasteiger partial charge < -0.3 is 28.7 Å². The number of carbonyl (C=O) groups is 2. The molecule has 4 nitrogen and oxygen atoms in total. The number of thiophene rings is 1. The zero-order chi connectivity index (χ0) is 19.4. The Morgan fingerprint density at radius 1 is 1.15 bits per heavy atom. The molecule has 0 saturated carbocycles. The number of benzene rings is 1. The van der Waals surface area contributed by atoms with Gasteiger partial charge in [0, 0.05) is 27.7 Å². The van der Waals surface area contributed by atoms with Crippen LogP contribution in [0.25, 0.3) is 5.69 Å². The number of nitrogens with zero attached hydrogens (tertiary/aromatic N) is 1. The number of pyridine rings is 1. The van der Waals surface area contributed by atoms with Gasteiger partial charge in [-0.1, -0.05) is 22.0 Å². The summed E-state index contributed by atoms with van der Waals surface area (Å²) in [7, 11) is 0. The Morgan fingerprint density at radius 2 is 1.81 bits per heavy atom. The van der Waals surface area contributed by atoms with Gasteiger partial charge in [-0.25, -0.2) is 0 Å². The quantitative estimate of drug-likeness (QED) is 0.240. The van der Waals surface area contributed by atoms with E-state index in [4.69, 9.17) is 17.4 Å². The predicted octanol–water partition coefficient (Wildman–Crippen LogP) is 4.03. The minimum Gasteiger partial charge on any atom is -0.466 e. The molecule has 0 atom stereocenters. The van der Waals surface area contributed by atoms with Crippen LogP contribution in [0.1, 0.15) is 27.7 Å². The topological polar surface area (TPSA) is 47.3 Å². The molecule has 7 heteroatoms. The summed E-state index contributed by atoms with van der Waals surface area (Å²) in [5, 5.41) is 0. The van der Waals surface area contributed by atoms with E-state index in [0.29, 0.717) is 25.9 Å². The molecule has 2 heterocycles. The van der Waals surface area contributed by atoms with Crippen LogP contribution in [0.2, 0.25) is 0 Å². The molecule has 0 aliphatic carbocycles. The van der Waals surface area contributed by atoms with Crippen LogP contribution in [0.4, 0.5) is 0 Å². The second-order valence-corrected chi connectivity index (χ2v) is 8.25. The van der Waals surface area contributed by atoms with Gasteiger partial charge in [0.05, 0.1) is 13.0 Å². The summed E-state index contributed by atoms with van der Waals surface area (Å²) in [5.41, 5.74) is 1.83. The monoisotopic (exact) mass is 461 g/mol. The maximum atomic E-state index is 13.1. The van der Waals surface area contributed by atoms with E-state index in [1.165, 1.54) is 11.3 Å². The second-order valence-electron chi connectivity index (χ2n) is 5.65. The molecule has 3 aromatic rings. The summed E-state index contributed by atoms with van der Waals surface area (Å²) in [4.78, 5) is 25.8. The first-order chi connectivity index (χ1) is 13.0. The van der Waals surface area contributed by atoms with Crippen LogP contribution in [-0.2, 0) is 28.6 Å². The first-order valence-corrected chi connectivity index (χ1v) is 10.3. The standard InChI is InChI=1S/C20H16BrNO3S2/c1-2-25-16(23)12-15-17(22-10-4-3-5-11-22)20(26)27-19(15)18(24)13-6-8-14(21)9-7-13/h3-11H,2,12H2,1H3. The molecule has 138 valence electrons. The van der Waals surface area contributed by atoms with E-state index in [-0.39, 0.29) is 24.8 Å². The van der Waals surface area contributed by atoms with Crippen molar-refractivity contribution in [2.75, 3.05) is 6.61 Å². The highest BCUT2D eigenvalue weighted by Crippen LogP contribution is 2.32. The molecule has 0 aliphatic rings. The van der Waals surface area contributed by atoms with Crippen molar-refractivity contribution >= 4 is 51.6 Å². The van der Waals surface area contributed by atoms with Gasteiger partial charge >= 0.3 is 5.97 Å². The summed E-state index contributed by atoms with van der Waals surface area (Å²) in [6.07, 6.45) is 3.69. The third-order valence-electron chi connectivity index (χ3n) is 3.86. The minimum absolute atomic E-state index is 0.00416. The number of aromatic nitrogens is 1. The summed E-state index contributed by atoms with van der Waals surface area (Å²) in [5.74, 6) is -0.534. The van der Waals surface area contributed by atoms with Gasteiger partial charge in [-0.05, 0) is 40.3 Å². The van der Waals surface area contributed by atoms with Crippen LogP contribution in [0, 0.1) is 0 Å². The van der Waals surface area contributed by atoms with Crippen molar-refractivity contribution in [1.29, 1.82) is 0 Å². The Bertz CT molecular complexity index is 969. The molecule has 0 radical (unpaired) electrons. The fourth-order valence-electron chi connectivity index (χ4n) is 2.68. The predicted molar refractivity (Wildman–Crippen MR) is 109 cm³/mol. The van der Waals surface area contributed by atoms with E-state index < -0.39 is 0 Å². The Balaban J connectivity index is 2.11. The highest BCUT2D eigenvalue weighted by Gasteiger charge is 2.25. The van der Waals surface area contributed by atoms with E-state index in [2.05, 4.69) is 15.9 Å². The van der Waals surface area contributed by atoms with E-state index in [1.54, 1.807) is 19.1 Å². The highest BCUT2D eigenvalue weighted by molar-refractivity contribution is 9.10. The Labute approximate surface area is 175 Å². The third kappa shape index (κ3) is 4.43. The van der Waals surface area contributed by atoms with Gasteiger partial charge in [0.25, 0.3) is 0 Å². The van der Waals surface area contributed by atoms with E-state index in [1.807, 2.05) is 47.3 Å². The van der Waals surface area contributed by atoms with E-state index in [0.717, 1.165) is 4.47 Å². The maximum absolute atomic E-state index is 13.1. The molecule has 0 unspecified atom stereocenters. The Kier molecular flexibility index (Phi) is 6.36. The number of ether oxygens (including phenoxy) is 1. The maximum Gasteiger partial charge on any atom is 0.310 e. The summed E-state index contributed by atoms with van der Waals surface area (Å²) < 4.78 is 8.40. The number of halogens is 1. The largest absolute Gasteiger partial charge is 0.466 e. The molecule has 0 N–H and O–H groups in total. The van der Waals surface area contributed by atoms with Gasteiger partial charge in [-0.3, -0.25) is 9.59 Å². The lowest BCUT2D eigenvalue weighted by Gasteiger charge is -2.07. The molecule has 0 aliphatic heterocycles. The highest BCUT2D eigenvalue weighted by atomic mass is 79.9. The van der Waals surface area contributed by atoms with Crippen molar-refractivity contribution in [2.24, 2.45) is 0 Å². The fraction of sp³-hybridized carbons (Fsp3) is 0.150. The molecule has 1 aromatic carbocycles. The summed E-state index contributed by atoms with van der Waals surface area (Å²) in [6.45, 7) is 2.04. The number of hydrogen-bond donors (Lipinski definition) is 0. The van der Waals surface area contributed by atoms with Crippen molar-refractivity contribution in [3.8, 4) is 5.69 Å². The molecular weight excluding hydrogens is 446 g/mol. The number of carbonyl (C=O) groups excluding carboxylic acids is 2. The number of esters is 1. The van der Waals surface area contributed by atoms with Crippen molar-refractivity contribution in [2.45, 2.75) is 17.6 Å². The molecule has 3 rings (SSSR count). The Hall–Kier alpha value is -2.09. The first-order valence-electron chi connectivity index (χ1n) is 8.26.